The molecule has 2 N–H and O–H groups in total. The summed E-state index contributed by atoms with van der Waals surface area (Å²) < 4.78 is 12.6. The van der Waals surface area contributed by atoms with E-state index in [1.807, 2.05) is 0 Å². The first kappa shape index (κ1) is 20.1. The molecule has 0 amide bonds. The van der Waals surface area contributed by atoms with Gasteiger partial charge >= 0.3 is 8.56 Å². The van der Waals surface area contributed by atoms with Crippen LogP contribution in [0.15, 0.2) is 0 Å². The molecule has 0 fully saturated rings. The van der Waals surface area contributed by atoms with Gasteiger partial charge in [0.1, 0.15) is 0 Å². The Balaban J connectivity index is 4.43. The first-order chi connectivity index (χ1) is 9.74. The molecule has 0 aromatic carbocycles. The van der Waals surface area contributed by atoms with E-state index in [2.05, 4.69) is 20.8 Å². The monoisotopic (exact) mass is 303 g/mol. The third-order valence-electron chi connectivity index (χ3n) is 3.56. The van der Waals surface area contributed by atoms with Crippen molar-refractivity contribution in [1.82, 2.24) is 0 Å². The van der Waals surface area contributed by atoms with Crippen molar-refractivity contribution in [3.63, 3.8) is 0 Å². The first-order valence-electron chi connectivity index (χ1n) is 8.72. The fourth-order valence-corrected chi connectivity index (χ4v) is 6.03. The minimum Gasteiger partial charge on any atom is -0.394 e. The number of hydrogen-bond donors (Lipinski definition) is 1. The molecule has 0 bridgehead atoms. The molecule has 0 aromatic heterocycles. The normalized spacial score (nSPS) is 12.0. The van der Waals surface area contributed by atoms with Crippen LogP contribution in [0, 0.1) is 0 Å². The van der Waals surface area contributed by atoms with Gasteiger partial charge in [-0.25, -0.2) is 0 Å². The second-order valence-corrected chi connectivity index (χ2v) is 9.06. The maximum absolute atomic E-state index is 6.28. The minimum atomic E-state index is -1.98. The number of nitrogens with two attached hydrogens (primary N) is 1. The largest absolute Gasteiger partial charge is 0.394 e. The second kappa shape index (κ2) is 14.1. The lowest BCUT2D eigenvalue weighted by Gasteiger charge is -2.31. The second-order valence-electron chi connectivity index (χ2n) is 5.66. The van der Waals surface area contributed by atoms with Crippen LogP contribution < -0.4 is 5.73 Å². The van der Waals surface area contributed by atoms with Gasteiger partial charge in [-0.3, -0.25) is 0 Å². The van der Waals surface area contributed by atoms with Crippen LogP contribution in [0.25, 0.3) is 0 Å². The molecular formula is C16H37NO2Si. The van der Waals surface area contributed by atoms with Crippen molar-refractivity contribution in [3.8, 4) is 0 Å². The summed E-state index contributed by atoms with van der Waals surface area (Å²) in [6.07, 6.45) is 9.59. The summed E-state index contributed by atoms with van der Waals surface area (Å²) in [5, 5.41) is 0. The van der Waals surface area contributed by atoms with Crippen molar-refractivity contribution >= 4 is 8.56 Å². The van der Waals surface area contributed by atoms with Gasteiger partial charge in [-0.1, -0.05) is 52.9 Å². The van der Waals surface area contributed by atoms with E-state index >= 15 is 0 Å². The summed E-state index contributed by atoms with van der Waals surface area (Å²) in [7, 11) is -1.98. The fraction of sp³-hybridized carbons (Fsp3) is 1.00. The number of hydrogen-bond acceptors (Lipinski definition) is 3. The van der Waals surface area contributed by atoms with Crippen molar-refractivity contribution in [3.05, 3.63) is 0 Å². The lowest BCUT2D eigenvalue weighted by molar-refractivity contribution is 0.165. The van der Waals surface area contributed by atoms with E-state index in [1.165, 1.54) is 25.7 Å². The third-order valence-corrected chi connectivity index (χ3v) is 7.25. The van der Waals surface area contributed by atoms with E-state index in [-0.39, 0.29) is 0 Å². The highest BCUT2D eigenvalue weighted by Gasteiger charge is 2.36. The summed E-state index contributed by atoms with van der Waals surface area (Å²) in [5.74, 6) is 0. The van der Waals surface area contributed by atoms with E-state index < -0.39 is 8.56 Å². The van der Waals surface area contributed by atoms with Crippen LogP contribution in [0.1, 0.15) is 72.1 Å². The smallest absolute Gasteiger partial charge is 0.338 e. The summed E-state index contributed by atoms with van der Waals surface area (Å²) in [6, 6.07) is 2.29. The molecule has 0 aromatic rings. The Kier molecular flexibility index (Phi) is 14.1. The van der Waals surface area contributed by atoms with Gasteiger partial charge in [0, 0.05) is 13.2 Å². The van der Waals surface area contributed by atoms with E-state index in [0.29, 0.717) is 0 Å². The van der Waals surface area contributed by atoms with Crippen LogP contribution in [-0.2, 0) is 8.85 Å². The first-order valence-corrected chi connectivity index (χ1v) is 11.0. The molecule has 0 spiro atoms. The van der Waals surface area contributed by atoms with Crippen molar-refractivity contribution in [2.75, 3.05) is 19.8 Å². The summed E-state index contributed by atoms with van der Waals surface area (Å²) in [4.78, 5) is 0. The van der Waals surface area contributed by atoms with Gasteiger partial charge in [0.05, 0.1) is 0 Å². The average Bonchev–Trinajstić information content (AvgIpc) is 2.47. The molecule has 20 heavy (non-hydrogen) atoms. The van der Waals surface area contributed by atoms with E-state index in [1.54, 1.807) is 0 Å². The highest BCUT2D eigenvalue weighted by Crippen LogP contribution is 2.26. The lowest BCUT2D eigenvalue weighted by atomic mass is 10.2. The average molecular weight is 304 g/mol. The van der Waals surface area contributed by atoms with Gasteiger partial charge in [0.25, 0.3) is 0 Å². The van der Waals surface area contributed by atoms with Crippen molar-refractivity contribution in [2.45, 2.75) is 84.2 Å². The molecule has 0 saturated heterocycles. The summed E-state index contributed by atoms with van der Waals surface area (Å²) >= 11 is 0. The highest BCUT2D eigenvalue weighted by atomic mass is 28.4. The van der Waals surface area contributed by atoms with Crippen LogP contribution in [0.4, 0.5) is 0 Å². The number of rotatable bonds is 15. The molecule has 0 saturated carbocycles. The zero-order valence-corrected chi connectivity index (χ0v) is 15.1. The minimum absolute atomic E-state index is 0.780. The quantitative estimate of drug-likeness (QED) is 0.355. The van der Waals surface area contributed by atoms with Crippen LogP contribution in [0.3, 0.4) is 0 Å². The number of unbranched alkanes of at least 4 members (excludes halogenated alkanes) is 4. The molecule has 0 heterocycles. The summed E-state index contributed by atoms with van der Waals surface area (Å²) in [5.41, 5.74) is 5.63. The van der Waals surface area contributed by atoms with Crippen LogP contribution in [-0.4, -0.2) is 28.3 Å². The molecule has 4 heteroatoms. The van der Waals surface area contributed by atoms with Gasteiger partial charge < -0.3 is 14.6 Å². The topological polar surface area (TPSA) is 44.5 Å². The SMILES string of the molecule is CCCCCC[Si](CCCCN)(OCCC)OCCC. The molecule has 122 valence electrons. The van der Waals surface area contributed by atoms with Crippen molar-refractivity contribution in [2.24, 2.45) is 5.73 Å². The van der Waals surface area contributed by atoms with E-state index in [9.17, 15) is 0 Å². The van der Waals surface area contributed by atoms with E-state index in [0.717, 1.165) is 57.5 Å². The lowest BCUT2D eigenvalue weighted by Crippen LogP contribution is -2.42. The van der Waals surface area contributed by atoms with Crippen LogP contribution >= 0.6 is 0 Å². The third kappa shape index (κ3) is 9.92. The van der Waals surface area contributed by atoms with Crippen molar-refractivity contribution in [1.29, 1.82) is 0 Å². The molecule has 0 aliphatic carbocycles. The van der Waals surface area contributed by atoms with Crippen LogP contribution in [0.2, 0.25) is 12.1 Å². The van der Waals surface area contributed by atoms with Gasteiger partial charge in [-0.05, 0) is 37.9 Å². The predicted octanol–water partition coefficient (Wildman–Crippen LogP) is 4.60. The van der Waals surface area contributed by atoms with Gasteiger partial charge in [-0.15, -0.1) is 0 Å². The Morgan fingerprint density at radius 3 is 1.70 bits per heavy atom. The highest BCUT2D eigenvalue weighted by molar-refractivity contribution is 6.67. The van der Waals surface area contributed by atoms with E-state index in [4.69, 9.17) is 14.6 Å². The van der Waals surface area contributed by atoms with Gasteiger partial charge in [0.2, 0.25) is 0 Å². The van der Waals surface area contributed by atoms with Gasteiger partial charge in [0.15, 0.2) is 0 Å². The maximum atomic E-state index is 6.28. The molecule has 0 unspecified atom stereocenters. The zero-order chi connectivity index (χ0) is 15.1. The van der Waals surface area contributed by atoms with Crippen molar-refractivity contribution < 1.29 is 8.85 Å². The Morgan fingerprint density at radius 2 is 1.25 bits per heavy atom. The maximum Gasteiger partial charge on any atom is 0.338 e. The Hall–Kier alpha value is 0.0969. The molecule has 3 nitrogen and oxygen atoms in total. The molecular weight excluding hydrogens is 266 g/mol. The molecule has 0 aliphatic heterocycles. The van der Waals surface area contributed by atoms with Crippen LogP contribution in [0.5, 0.6) is 0 Å². The molecule has 0 rings (SSSR count). The molecule has 0 radical (unpaired) electrons. The Labute approximate surface area is 127 Å². The molecule has 0 atom stereocenters. The predicted molar refractivity (Wildman–Crippen MR) is 90.3 cm³/mol. The fourth-order valence-electron chi connectivity index (χ4n) is 2.39. The summed E-state index contributed by atoms with van der Waals surface area (Å²) in [6.45, 7) is 9.10. The Bertz CT molecular complexity index is 195. The zero-order valence-electron chi connectivity index (χ0n) is 14.1. The Morgan fingerprint density at radius 1 is 0.700 bits per heavy atom. The standard InChI is InChI=1S/C16H37NO2Si/c1-4-7-8-10-15-20(18-13-5-2,19-14-6-3)16-11-9-12-17/h4-17H2,1-3H3. The van der Waals surface area contributed by atoms with Gasteiger partial charge in [-0.2, -0.15) is 0 Å². The molecule has 0 aliphatic rings.